The SMILES string of the molecule is CCCNCC(C)c1ccc(CN2CCCC2)cc1. The predicted octanol–water partition coefficient (Wildman–Crippen LogP) is 3.39. The fourth-order valence-electron chi connectivity index (χ4n) is 2.76. The van der Waals surface area contributed by atoms with Crippen LogP contribution in [0.3, 0.4) is 0 Å². The molecule has 0 saturated carbocycles. The van der Waals surface area contributed by atoms with E-state index in [2.05, 4.69) is 48.3 Å². The lowest BCUT2D eigenvalue weighted by Gasteiger charge is -2.16. The first kappa shape index (κ1) is 14.5. The molecule has 19 heavy (non-hydrogen) atoms. The van der Waals surface area contributed by atoms with Crippen molar-refractivity contribution < 1.29 is 0 Å². The average Bonchev–Trinajstić information content (AvgIpc) is 2.93. The monoisotopic (exact) mass is 260 g/mol. The zero-order chi connectivity index (χ0) is 13.5. The Balaban J connectivity index is 1.82. The van der Waals surface area contributed by atoms with Gasteiger partial charge in [0.1, 0.15) is 0 Å². The topological polar surface area (TPSA) is 15.3 Å². The smallest absolute Gasteiger partial charge is 0.0233 e. The van der Waals surface area contributed by atoms with E-state index in [1.54, 1.807) is 0 Å². The van der Waals surface area contributed by atoms with Crippen molar-refractivity contribution >= 4 is 0 Å². The number of nitrogens with zero attached hydrogens (tertiary/aromatic N) is 1. The summed E-state index contributed by atoms with van der Waals surface area (Å²) in [5.74, 6) is 0.604. The van der Waals surface area contributed by atoms with Gasteiger partial charge in [-0.1, -0.05) is 38.1 Å². The van der Waals surface area contributed by atoms with Crippen molar-refractivity contribution in [2.75, 3.05) is 26.2 Å². The first-order chi connectivity index (χ1) is 9.29. The van der Waals surface area contributed by atoms with Gasteiger partial charge in [0.15, 0.2) is 0 Å². The van der Waals surface area contributed by atoms with E-state index >= 15 is 0 Å². The van der Waals surface area contributed by atoms with Crippen molar-refractivity contribution in [3.8, 4) is 0 Å². The van der Waals surface area contributed by atoms with Crippen LogP contribution in [0.4, 0.5) is 0 Å². The fraction of sp³-hybridized carbons (Fsp3) is 0.647. The molecule has 1 N–H and O–H groups in total. The number of nitrogens with one attached hydrogen (secondary N) is 1. The van der Waals surface area contributed by atoms with Crippen LogP contribution in [0.1, 0.15) is 50.2 Å². The Morgan fingerprint density at radius 2 is 1.84 bits per heavy atom. The van der Waals surface area contributed by atoms with Gasteiger partial charge in [-0.15, -0.1) is 0 Å². The van der Waals surface area contributed by atoms with E-state index in [0.717, 1.165) is 19.6 Å². The Kier molecular flexibility index (Phi) is 5.87. The summed E-state index contributed by atoms with van der Waals surface area (Å²) in [5.41, 5.74) is 2.91. The molecule has 0 aliphatic carbocycles. The molecule has 1 heterocycles. The molecule has 1 atom stereocenters. The third-order valence-electron chi connectivity index (χ3n) is 4.03. The van der Waals surface area contributed by atoms with Crippen LogP contribution < -0.4 is 5.32 Å². The lowest BCUT2D eigenvalue weighted by molar-refractivity contribution is 0.331. The quantitative estimate of drug-likeness (QED) is 0.756. The Bertz CT molecular complexity index is 352. The van der Waals surface area contributed by atoms with E-state index < -0.39 is 0 Å². The van der Waals surface area contributed by atoms with Crippen molar-refractivity contribution in [1.29, 1.82) is 0 Å². The first-order valence-electron chi connectivity index (χ1n) is 7.81. The highest BCUT2D eigenvalue weighted by atomic mass is 15.1. The van der Waals surface area contributed by atoms with Crippen LogP contribution in [0.25, 0.3) is 0 Å². The molecule has 1 unspecified atom stereocenters. The molecule has 1 saturated heterocycles. The molecule has 1 aromatic rings. The molecule has 0 spiro atoms. The summed E-state index contributed by atoms with van der Waals surface area (Å²) in [7, 11) is 0. The van der Waals surface area contributed by atoms with E-state index in [1.807, 2.05) is 0 Å². The second-order valence-corrected chi connectivity index (χ2v) is 5.83. The molecular weight excluding hydrogens is 232 g/mol. The van der Waals surface area contributed by atoms with E-state index in [1.165, 1.54) is 43.5 Å². The molecule has 1 fully saturated rings. The predicted molar refractivity (Wildman–Crippen MR) is 82.5 cm³/mol. The summed E-state index contributed by atoms with van der Waals surface area (Å²) in [6.45, 7) is 10.4. The minimum atomic E-state index is 0.604. The van der Waals surface area contributed by atoms with Gasteiger partial charge in [0.05, 0.1) is 0 Å². The summed E-state index contributed by atoms with van der Waals surface area (Å²) < 4.78 is 0. The molecule has 2 nitrogen and oxygen atoms in total. The molecule has 2 rings (SSSR count). The van der Waals surface area contributed by atoms with Gasteiger partial charge in [0.2, 0.25) is 0 Å². The summed E-state index contributed by atoms with van der Waals surface area (Å²) in [6, 6.07) is 9.24. The van der Waals surface area contributed by atoms with Crippen LogP contribution in [0.15, 0.2) is 24.3 Å². The average molecular weight is 260 g/mol. The number of hydrogen-bond acceptors (Lipinski definition) is 2. The van der Waals surface area contributed by atoms with Gasteiger partial charge in [0.25, 0.3) is 0 Å². The zero-order valence-corrected chi connectivity index (χ0v) is 12.5. The Labute approximate surface area is 118 Å². The van der Waals surface area contributed by atoms with E-state index in [0.29, 0.717) is 5.92 Å². The lowest BCUT2D eigenvalue weighted by atomic mass is 9.99. The van der Waals surface area contributed by atoms with Crippen LogP contribution in [0.2, 0.25) is 0 Å². The molecule has 1 aromatic carbocycles. The van der Waals surface area contributed by atoms with Gasteiger partial charge >= 0.3 is 0 Å². The highest BCUT2D eigenvalue weighted by Gasteiger charge is 2.12. The van der Waals surface area contributed by atoms with E-state index in [9.17, 15) is 0 Å². The van der Waals surface area contributed by atoms with Crippen molar-refractivity contribution in [2.24, 2.45) is 0 Å². The number of likely N-dealkylation sites (tertiary alicyclic amines) is 1. The maximum Gasteiger partial charge on any atom is 0.0233 e. The molecule has 0 bridgehead atoms. The van der Waals surface area contributed by atoms with Gasteiger partial charge in [0, 0.05) is 13.1 Å². The summed E-state index contributed by atoms with van der Waals surface area (Å²) in [4.78, 5) is 2.56. The van der Waals surface area contributed by atoms with Gasteiger partial charge in [-0.25, -0.2) is 0 Å². The lowest BCUT2D eigenvalue weighted by Crippen LogP contribution is -2.21. The molecule has 0 amide bonds. The second kappa shape index (κ2) is 7.66. The molecule has 1 aliphatic rings. The van der Waals surface area contributed by atoms with Crippen molar-refractivity contribution in [1.82, 2.24) is 10.2 Å². The highest BCUT2D eigenvalue weighted by molar-refractivity contribution is 5.25. The summed E-state index contributed by atoms with van der Waals surface area (Å²) in [5, 5.41) is 3.50. The van der Waals surface area contributed by atoms with Gasteiger partial charge in [-0.2, -0.15) is 0 Å². The molecule has 106 valence electrons. The molecule has 0 radical (unpaired) electrons. The second-order valence-electron chi connectivity index (χ2n) is 5.83. The minimum Gasteiger partial charge on any atom is -0.316 e. The van der Waals surface area contributed by atoms with Gasteiger partial charge in [-0.3, -0.25) is 4.90 Å². The van der Waals surface area contributed by atoms with Gasteiger partial charge in [-0.05, 0) is 55.9 Å². The van der Waals surface area contributed by atoms with Crippen LogP contribution in [-0.2, 0) is 6.54 Å². The van der Waals surface area contributed by atoms with Crippen LogP contribution in [0.5, 0.6) is 0 Å². The molecular formula is C17H28N2. The third kappa shape index (κ3) is 4.63. The van der Waals surface area contributed by atoms with E-state index in [-0.39, 0.29) is 0 Å². The summed E-state index contributed by atoms with van der Waals surface area (Å²) >= 11 is 0. The fourth-order valence-corrected chi connectivity index (χ4v) is 2.76. The van der Waals surface area contributed by atoms with Crippen LogP contribution >= 0.6 is 0 Å². The number of rotatable bonds is 7. The summed E-state index contributed by atoms with van der Waals surface area (Å²) in [6.07, 6.45) is 3.96. The van der Waals surface area contributed by atoms with Crippen molar-refractivity contribution in [3.05, 3.63) is 35.4 Å². The van der Waals surface area contributed by atoms with Crippen molar-refractivity contribution in [2.45, 2.75) is 45.6 Å². The maximum atomic E-state index is 3.50. The highest BCUT2D eigenvalue weighted by Crippen LogP contribution is 2.17. The molecule has 0 aromatic heterocycles. The standard InChI is InChI=1S/C17H28N2/c1-3-10-18-13-15(2)17-8-6-16(7-9-17)14-19-11-4-5-12-19/h6-9,15,18H,3-5,10-14H2,1-2H3. The Morgan fingerprint density at radius 3 is 2.47 bits per heavy atom. The largest absolute Gasteiger partial charge is 0.316 e. The van der Waals surface area contributed by atoms with Crippen LogP contribution in [0, 0.1) is 0 Å². The van der Waals surface area contributed by atoms with E-state index in [4.69, 9.17) is 0 Å². The Morgan fingerprint density at radius 1 is 1.16 bits per heavy atom. The molecule has 2 heteroatoms. The third-order valence-corrected chi connectivity index (χ3v) is 4.03. The zero-order valence-electron chi connectivity index (χ0n) is 12.5. The minimum absolute atomic E-state index is 0.604. The van der Waals surface area contributed by atoms with Crippen LogP contribution in [-0.4, -0.2) is 31.1 Å². The number of benzene rings is 1. The molecule has 1 aliphatic heterocycles. The maximum absolute atomic E-state index is 3.50. The number of hydrogen-bond donors (Lipinski definition) is 1. The van der Waals surface area contributed by atoms with Gasteiger partial charge < -0.3 is 5.32 Å². The normalized spacial score (nSPS) is 17.8. The Hall–Kier alpha value is -0.860. The first-order valence-corrected chi connectivity index (χ1v) is 7.81. The van der Waals surface area contributed by atoms with Crippen molar-refractivity contribution in [3.63, 3.8) is 0 Å².